The van der Waals surface area contributed by atoms with Crippen LogP contribution in [0.2, 0.25) is 0 Å². The first-order valence-electron chi connectivity index (χ1n) is 5.71. The third kappa shape index (κ3) is 4.26. The quantitative estimate of drug-likeness (QED) is 0.671. The number of carbonyl (C=O) groups excluding carboxylic acids is 1. The number of carboxylic acid groups (broad SMARTS) is 1. The van der Waals surface area contributed by atoms with Crippen LogP contribution < -0.4 is 5.32 Å². The molecule has 1 unspecified atom stereocenters. The first-order chi connectivity index (χ1) is 9.38. The lowest BCUT2D eigenvalue weighted by molar-refractivity contribution is -0.155. The Morgan fingerprint density at radius 3 is 2.70 bits per heavy atom. The standard InChI is InChI=1S/C13H14N2O4S/c1-13(19,12(17)18)8-15-11(16)9-4-2-3-5-10(9)20-7-6-14/h2-5,19H,7-8H2,1H3,(H,15,16)(H,17,18). The highest BCUT2D eigenvalue weighted by Crippen LogP contribution is 2.22. The summed E-state index contributed by atoms with van der Waals surface area (Å²) in [6.07, 6.45) is 0. The minimum absolute atomic E-state index is 0.205. The number of carboxylic acids is 1. The van der Waals surface area contributed by atoms with Crippen LogP contribution in [0.3, 0.4) is 0 Å². The van der Waals surface area contributed by atoms with Crippen LogP contribution in [0, 0.1) is 11.3 Å². The first kappa shape index (κ1) is 16.0. The van der Waals surface area contributed by atoms with Crippen molar-refractivity contribution in [3.8, 4) is 6.07 Å². The van der Waals surface area contributed by atoms with Gasteiger partial charge in [0.25, 0.3) is 5.91 Å². The molecule has 6 nitrogen and oxygen atoms in total. The summed E-state index contributed by atoms with van der Waals surface area (Å²) in [4.78, 5) is 23.3. The molecule has 0 aromatic heterocycles. The number of carbonyl (C=O) groups is 2. The number of hydrogen-bond acceptors (Lipinski definition) is 5. The highest BCUT2D eigenvalue weighted by atomic mass is 32.2. The van der Waals surface area contributed by atoms with Crippen molar-refractivity contribution < 1.29 is 19.8 Å². The number of thioether (sulfide) groups is 1. The lowest BCUT2D eigenvalue weighted by Gasteiger charge is -2.18. The normalized spacial score (nSPS) is 13.1. The first-order valence-corrected chi connectivity index (χ1v) is 6.70. The maximum absolute atomic E-state index is 12.0. The number of nitriles is 1. The van der Waals surface area contributed by atoms with Gasteiger partial charge in [-0.2, -0.15) is 5.26 Å². The van der Waals surface area contributed by atoms with Crippen LogP contribution in [0.5, 0.6) is 0 Å². The number of benzene rings is 1. The van der Waals surface area contributed by atoms with Gasteiger partial charge in [0, 0.05) is 4.90 Å². The Balaban J connectivity index is 2.78. The van der Waals surface area contributed by atoms with Crippen LogP contribution in [0.15, 0.2) is 29.2 Å². The van der Waals surface area contributed by atoms with E-state index in [1.54, 1.807) is 24.3 Å². The summed E-state index contributed by atoms with van der Waals surface area (Å²) in [6, 6.07) is 8.65. The van der Waals surface area contributed by atoms with Gasteiger partial charge in [0.1, 0.15) is 0 Å². The minimum Gasteiger partial charge on any atom is -0.479 e. The van der Waals surface area contributed by atoms with Gasteiger partial charge in [-0.1, -0.05) is 12.1 Å². The Kier molecular flexibility index (Phi) is 5.55. The molecule has 0 aliphatic rings. The van der Waals surface area contributed by atoms with Gasteiger partial charge in [0.2, 0.25) is 0 Å². The Hall–Kier alpha value is -2.04. The molecule has 106 valence electrons. The molecule has 0 aliphatic carbocycles. The van der Waals surface area contributed by atoms with Crippen molar-refractivity contribution in [3.63, 3.8) is 0 Å². The SMILES string of the molecule is CC(O)(CNC(=O)c1ccccc1SCC#N)C(=O)O. The molecule has 3 N–H and O–H groups in total. The second-order valence-electron chi connectivity index (χ2n) is 4.20. The molecule has 0 saturated heterocycles. The third-order valence-corrected chi connectivity index (χ3v) is 3.42. The van der Waals surface area contributed by atoms with Gasteiger partial charge < -0.3 is 15.5 Å². The van der Waals surface area contributed by atoms with Crippen LogP contribution in [0.4, 0.5) is 0 Å². The summed E-state index contributed by atoms with van der Waals surface area (Å²) in [6.45, 7) is 0.699. The Morgan fingerprint density at radius 2 is 2.10 bits per heavy atom. The molecule has 1 rings (SSSR count). The second kappa shape index (κ2) is 6.93. The Morgan fingerprint density at radius 1 is 1.45 bits per heavy atom. The van der Waals surface area contributed by atoms with Gasteiger partial charge in [-0.25, -0.2) is 4.79 Å². The van der Waals surface area contributed by atoms with Gasteiger partial charge in [-0.15, -0.1) is 11.8 Å². The van der Waals surface area contributed by atoms with Gasteiger partial charge in [0.05, 0.1) is 23.9 Å². The predicted octanol–water partition coefficient (Wildman–Crippen LogP) is 0.868. The van der Waals surface area contributed by atoms with E-state index in [2.05, 4.69) is 5.32 Å². The minimum atomic E-state index is -2.02. The number of amides is 1. The van der Waals surface area contributed by atoms with Crippen LogP contribution in [-0.2, 0) is 4.79 Å². The van der Waals surface area contributed by atoms with Crippen molar-refractivity contribution in [2.75, 3.05) is 12.3 Å². The van der Waals surface area contributed by atoms with E-state index in [0.29, 0.717) is 10.5 Å². The number of rotatable bonds is 6. The fourth-order valence-corrected chi connectivity index (χ4v) is 2.02. The van der Waals surface area contributed by atoms with Crippen LogP contribution in [0.25, 0.3) is 0 Å². The average molecular weight is 294 g/mol. The molecule has 0 spiro atoms. The molecule has 0 aliphatic heterocycles. The zero-order chi connectivity index (χ0) is 15.2. The smallest absolute Gasteiger partial charge is 0.337 e. The molecule has 1 aromatic carbocycles. The Labute approximate surface area is 120 Å². The van der Waals surface area contributed by atoms with Crippen LogP contribution in [-0.4, -0.2) is 40.0 Å². The lowest BCUT2D eigenvalue weighted by Crippen LogP contribution is -2.46. The molecule has 0 radical (unpaired) electrons. The van der Waals surface area contributed by atoms with E-state index in [9.17, 15) is 14.7 Å². The van der Waals surface area contributed by atoms with Crippen molar-refractivity contribution in [1.82, 2.24) is 5.32 Å². The summed E-state index contributed by atoms with van der Waals surface area (Å²) >= 11 is 1.21. The molecular formula is C13H14N2O4S. The van der Waals surface area contributed by atoms with E-state index in [1.165, 1.54) is 11.8 Å². The fourth-order valence-electron chi connectivity index (χ4n) is 1.31. The van der Waals surface area contributed by atoms with E-state index in [0.717, 1.165) is 6.92 Å². The van der Waals surface area contributed by atoms with Gasteiger partial charge >= 0.3 is 5.97 Å². The molecule has 20 heavy (non-hydrogen) atoms. The number of hydrogen-bond donors (Lipinski definition) is 3. The highest BCUT2D eigenvalue weighted by molar-refractivity contribution is 7.99. The predicted molar refractivity (Wildman–Crippen MR) is 73.4 cm³/mol. The number of aliphatic carboxylic acids is 1. The highest BCUT2D eigenvalue weighted by Gasteiger charge is 2.30. The molecule has 0 bridgehead atoms. The average Bonchev–Trinajstić information content (AvgIpc) is 2.42. The van der Waals surface area contributed by atoms with Gasteiger partial charge in [-0.3, -0.25) is 4.79 Å². The molecule has 0 fully saturated rings. The number of nitrogens with one attached hydrogen (secondary N) is 1. The van der Waals surface area contributed by atoms with E-state index in [1.807, 2.05) is 6.07 Å². The molecule has 0 saturated carbocycles. The summed E-state index contributed by atoms with van der Waals surface area (Å²) in [5.74, 6) is -1.70. The second-order valence-corrected chi connectivity index (χ2v) is 5.22. The molecule has 7 heteroatoms. The zero-order valence-corrected chi connectivity index (χ0v) is 11.6. The van der Waals surface area contributed by atoms with E-state index < -0.39 is 24.0 Å². The van der Waals surface area contributed by atoms with Crippen molar-refractivity contribution in [3.05, 3.63) is 29.8 Å². The van der Waals surface area contributed by atoms with Crippen molar-refractivity contribution in [2.24, 2.45) is 0 Å². The summed E-state index contributed by atoms with van der Waals surface area (Å²) in [5, 5.41) is 29.2. The lowest BCUT2D eigenvalue weighted by atomic mass is 10.1. The Bertz CT molecular complexity index is 552. The van der Waals surface area contributed by atoms with Crippen molar-refractivity contribution in [2.45, 2.75) is 17.4 Å². The molecule has 1 amide bonds. The van der Waals surface area contributed by atoms with Gasteiger partial charge in [0.15, 0.2) is 5.60 Å². The van der Waals surface area contributed by atoms with Crippen LogP contribution >= 0.6 is 11.8 Å². The largest absolute Gasteiger partial charge is 0.479 e. The van der Waals surface area contributed by atoms with Crippen molar-refractivity contribution >= 4 is 23.6 Å². The maximum atomic E-state index is 12.0. The summed E-state index contributed by atoms with van der Waals surface area (Å²) in [7, 11) is 0. The maximum Gasteiger partial charge on any atom is 0.337 e. The molecule has 1 atom stereocenters. The van der Waals surface area contributed by atoms with E-state index >= 15 is 0 Å². The monoisotopic (exact) mass is 294 g/mol. The summed E-state index contributed by atoms with van der Waals surface area (Å²) < 4.78 is 0. The fraction of sp³-hybridized carbons (Fsp3) is 0.308. The van der Waals surface area contributed by atoms with Crippen LogP contribution in [0.1, 0.15) is 17.3 Å². The summed E-state index contributed by atoms with van der Waals surface area (Å²) in [5.41, 5.74) is -1.68. The third-order valence-electron chi connectivity index (χ3n) is 2.48. The van der Waals surface area contributed by atoms with E-state index in [-0.39, 0.29) is 5.75 Å². The van der Waals surface area contributed by atoms with E-state index in [4.69, 9.17) is 10.4 Å². The topological polar surface area (TPSA) is 110 Å². The zero-order valence-electron chi connectivity index (χ0n) is 10.8. The van der Waals surface area contributed by atoms with Gasteiger partial charge in [-0.05, 0) is 19.1 Å². The molecular weight excluding hydrogens is 280 g/mol. The number of nitrogens with zero attached hydrogens (tertiary/aromatic N) is 1. The molecule has 0 heterocycles. The number of aliphatic hydroxyl groups is 1. The molecule has 1 aromatic rings. The van der Waals surface area contributed by atoms with Crippen molar-refractivity contribution in [1.29, 1.82) is 5.26 Å².